The molecule has 2 rings (SSSR count). The van der Waals surface area contributed by atoms with Crippen molar-refractivity contribution in [2.75, 3.05) is 6.61 Å². The third-order valence-electron chi connectivity index (χ3n) is 3.51. The first-order valence-electron chi connectivity index (χ1n) is 7.17. The Bertz CT molecular complexity index is 421. The van der Waals surface area contributed by atoms with Gasteiger partial charge in [0.2, 0.25) is 0 Å². The number of rotatable bonds is 5. The molecule has 0 aliphatic heterocycles. The van der Waals surface area contributed by atoms with Crippen molar-refractivity contribution in [3.63, 3.8) is 0 Å². The van der Waals surface area contributed by atoms with Crippen LogP contribution in [0.4, 0.5) is 0 Å². The minimum Gasteiger partial charge on any atom is -0.394 e. The smallest absolute Gasteiger partial charge is 0.0626 e. The molecular weight excluding hydrogens is 274 g/mol. The molecule has 0 aromatic heterocycles. The number of aliphatic hydroxyl groups is 1. The average molecular weight is 298 g/mol. The molecule has 112 valence electrons. The molecule has 0 spiro atoms. The van der Waals surface area contributed by atoms with E-state index >= 15 is 0 Å². The van der Waals surface area contributed by atoms with E-state index < -0.39 is 0 Å². The summed E-state index contributed by atoms with van der Waals surface area (Å²) in [6.45, 7) is 6.33. The number of halogens is 1. The predicted octanol–water partition coefficient (Wildman–Crippen LogP) is 3.31. The molecule has 1 aromatic carbocycles. The third kappa shape index (κ3) is 4.45. The molecule has 20 heavy (non-hydrogen) atoms. The Morgan fingerprint density at radius 3 is 2.40 bits per heavy atom. The van der Waals surface area contributed by atoms with Crippen molar-refractivity contribution < 1.29 is 9.84 Å². The minimum absolute atomic E-state index is 0.0344. The molecule has 0 amide bonds. The Morgan fingerprint density at radius 1 is 1.30 bits per heavy atom. The quantitative estimate of drug-likeness (QED) is 0.876. The van der Waals surface area contributed by atoms with Gasteiger partial charge in [-0.2, -0.15) is 0 Å². The summed E-state index contributed by atoms with van der Waals surface area (Å²) in [6.07, 6.45) is 2.33. The van der Waals surface area contributed by atoms with Gasteiger partial charge in [-0.25, -0.2) is 0 Å². The summed E-state index contributed by atoms with van der Waals surface area (Å²) >= 11 is 5.88. The van der Waals surface area contributed by atoms with Crippen molar-refractivity contribution in [2.45, 2.75) is 57.4 Å². The summed E-state index contributed by atoms with van der Waals surface area (Å²) < 4.78 is 5.92. The number of aliphatic hydroxyl groups excluding tert-OH is 1. The summed E-state index contributed by atoms with van der Waals surface area (Å²) in [5.41, 5.74) is 0.986. The fraction of sp³-hybridized carbons (Fsp3) is 0.625. The lowest BCUT2D eigenvalue weighted by atomic mass is 9.87. The summed E-state index contributed by atoms with van der Waals surface area (Å²) in [5.74, 6) is 0. The molecule has 1 saturated carbocycles. The molecule has 1 unspecified atom stereocenters. The first-order chi connectivity index (χ1) is 9.37. The SMILES string of the molecule is CC(C)(C)OC1CC(NC(CO)c2ccc(Cl)cc2)C1. The highest BCUT2D eigenvalue weighted by Crippen LogP contribution is 2.29. The van der Waals surface area contributed by atoms with Crippen molar-refractivity contribution in [1.82, 2.24) is 5.32 Å². The number of hydrogen-bond acceptors (Lipinski definition) is 3. The molecule has 1 fully saturated rings. The van der Waals surface area contributed by atoms with Gasteiger partial charge in [0.05, 0.1) is 24.4 Å². The van der Waals surface area contributed by atoms with Crippen LogP contribution < -0.4 is 5.32 Å². The number of hydrogen-bond donors (Lipinski definition) is 2. The van der Waals surface area contributed by atoms with Crippen molar-refractivity contribution in [2.24, 2.45) is 0 Å². The zero-order valence-electron chi connectivity index (χ0n) is 12.4. The maximum atomic E-state index is 9.54. The first-order valence-corrected chi connectivity index (χ1v) is 7.55. The Kier molecular flexibility index (Phi) is 5.08. The molecule has 1 aromatic rings. The Labute approximate surface area is 126 Å². The van der Waals surface area contributed by atoms with Crippen LogP contribution in [0.3, 0.4) is 0 Å². The third-order valence-corrected chi connectivity index (χ3v) is 3.76. The lowest BCUT2D eigenvalue weighted by Crippen LogP contribution is -2.49. The Balaban J connectivity index is 1.83. The molecule has 1 atom stereocenters. The molecule has 0 radical (unpaired) electrons. The van der Waals surface area contributed by atoms with E-state index in [1.165, 1.54) is 0 Å². The standard InChI is InChI=1S/C16H24ClNO2/c1-16(2,3)20-14-8-13(9-14)18-15(10-19)11-4-6-12(17)7-5-11/h4-7,13-15,18-19H,8-10H2,1-3H3. The van der Waals surface area contributed by atoms with Crippen LogP contribution in [0.2, 0.25) is 5.02 Å². The molecular formula is C16H24ClNO2. The van der Waals surface area contributed by atoms with Gasteiger partial charge in [-0.15, -0.1) is 0 Å². The monoisotopic (exact) mass is 297 g/mol. The first kappa shape index (κ1) is 15.8. The average Bonchev–Trinajstić information content (AvgIpc) is 2.32. The van der Waals surface area contributed by atoms with Crippen LogP contribution in [0.1, 0.15) is 45.2 Å². The second-order valence-corrected chi connectivity index (χ2v) is 6.91. The number of nitrogens with one attached hydrogen (secondary N) is 1. The van der Waals surface area contributed by atoms with Gasteiger partial charge in [0.15, 0.2) is 0 Å². The molecule has 2 N–H and O–H groups in total. The van der Waals surface area contributed by atoms with Gasteiger partial charge in [-0.05, 0) is 51.3 Å². The molecule has 1 aliphatic rings. The van der Waals surface area contributed by atoms with Gasteiger partial charge in [0, 0.05) is 11.1 Å². The van der Waals surface area contributed by atoms with E-state index in [-0.39, 0.29) is 18.2 Å². The Hall–Kier alpha value is -0.610. The molecule has 0 saturated heterocycles. The Morgan fingerprint density at radius 2 is 1.90 bits per heavy atom. The maximum absolute atomic E-state index is 9.54. The molecule has 4 heteroatoms. The van der Waals surface area contributed by atoms with E-state index in [2.05, 4.69) is 26.1 Å². The largest absolute Gasteiger partial charge is 0.394 e. The highest BCUT2D eigenvalue weighted by molar-refractivity contribution is 6.30. The van der Waals surface area contributed by atoms with Crippen LogP contribution in [-0.4, -0.2) is 29.5 Å². The second kappa shape index (κ2) is 6.44. The minimum atomic E-state index is -0.0812. The fourth-order valence-corrected chi connectivity index (χ4v) is 2.66. The van der Waals surface area contributed by atoms with Gasteiger partial charge in [-0.3, -0.25) is 0 Å². The zero-order valence-corrected chi connectivity index (χ0v) is 13.2. The number of benzene rings is 1. The fourth-order valence-electron chi connectivity index (χ4n) is 2.53. The van der Waals surface area contributed by atoms with Crippen LogP contribution in [0, 0.1) is 0 Å². The summed E-state index contributed by atoms with van der Waals surface area (Å²) in [7, 11) is 0. The van der Waals surface area contributed by atoms with Crippen LogP contribution in [-0.2, 0) is 4.74 Å². The van der Waals surface area contributed by atoms with Gasteiger partial charge >= 0.3 is 0 Å². The van der Waals surface area contributed by atoms with E-state index in [1.807, 2.05) is 24.3 Å². The molecule has 3 nitrogen and oxygen atoms in total. The summed E-state index contributed by atoms with van der Waals surface area (Å²) in [6, 6.07) is 8.00. The normalized spacial score (nSPS) is 24.2. The zero-order chi connectivity index (χ0) is 14.8. The van der Waals surface area contributed by atoms with Gasteiger partial charge in [-0.1, -0.05) is 23.7 Å². The summed E-state index contributed by atoms with van der Waals surface area (Å²) in [5, 5.41) is 13.7. The van der Waals surface area contributed by atoms with Crippen LogP contribution >= 0.6 is 11.6 Å². The lowest BCUT2D eigenvalue weighted by Gasteiger charge is -2.41. The van der Waals surface area contributed by atoms with E-state index in [1.54, 1.807) is 0 Å². The van der Waals surface area contributed by atoms with Gasteiger partial charge in [0.1, 0.15) is 0 Å². The summed E-state index contributed by atoms with van der Waals surface area (Å²) in [4.78, 5) is 0. The van der Waals surface area contributed by atoms with E-state index in [0.29, 0.717) is 17.2 Å². The van der Waals surface area contributed by atoms with Crippen LogP contribution in [0.15, 0.2) is 24.3 Å². The van der Waals surface area contributed by atoms with Crippen molar-refractivity contribution in [3.05, 3.63) is 34.9 Å². The van der Waals surface area contributed by atoms with E-state index in [9.17, 15) is 5.11 Å². The highest BCUT2D eigenvalue weighted by Gasteiger charge is 2.34. The van der Waals surface area contributed by atoms with Gasteiger partial charge in [0.25, 0.3) is 0 Å². The van der Waals surface area contributed by atoms with Crippen molar-refractivity contribution in [3.8, 4) is 0 Å². The second-order valence-electron chi connectivity index (χ2n) is 6.47. The van der Waals surface area contributed by atoms with Gasteiger partial charge < -0.3 is 15.2 Å². The van der Waals surface area contributed by atoms with Crippen LogP contribution in [0.5, 0.6) is 0 Å². The maximum Gasteiger partial charge on any atom is 0.0626 e. The molecule has 0 heterocycles. The number of ether oxygens (including phenoxy) is 1. The molecule has 0 bridgehead atoms. The van der Waals surface area contributed by atoms with E-state index in [0.717, 1.165) is 18.4 Å². The lowest BCUT2D eigenvalue weighted by molar-refractivity contribution is -0.104. The molecule has 1 aliphatic carbocycles. The highest BCUT2D eigenvalue weighted by atomic mass is 35.5. The topological polar surface area (TPSA) is 41.5 Å². The van der Waals surface area contributed by atoms with Crippen molar-refractivity contribution in [1.29, 1.82) is 0 Å². The van der Waals surface area contributed by atoms with Crippen molar-refractivity contribution >= 4 is 11.6 Å². The van der Waals surface area contributed by atoms with E-state index in [4.69, 9.17) is 16.3 Å². The predicted molar refractivity (Wildman–Crippen MR) is 82.1 cm³/mol. The van der Waals surface area contributed by atoms with Crippen LogP contribution in [0.25, 0.3) is 0 Å².